The van der Waals surface area contributed by atoms with E-state index in [-0.39, 0.29) is 11.3 Å². The van der Waals surface area contributed by atoms with Crippen molar-refractivity contribution >= 4 is 11.5 Å². The third-order valence-electron chi connectivity index (χ3n) is 2.83. The molecule has 100 valence electrons. The van der Waals surface area contributed by atoms with Gasteiger partial charge in [-0.25, -0.2) is 8.78 Å². The Balaban J connectivity index is 2.77. The molecule has 1 aromatic heterocycles. The van der Waals surface area contributed by atoms with Gasteiger partial charge in [0, 0.05) is 12.6 Å². The van der Waals surface area contributed by atoms with Crippen LogP contribution in [0.1, 0.15) is 5.56 Å². The molecule has 0 unspecified atom stereocenters. The zero-order chi connectivity index (χ0) is 14.3. The molecule has 0 saturated heterocycles. The molecule has 1 aromatic carbocycles. The SMILES string of the molecule is Cc1c(-c2cc(F)c(F)cc2[N+](=O)[O-])nn(C)c1N. The first-order valence-electron chi connectivity index (χ1n) is 5.25. The fourth-order valence-corrected chi connectivity index (χ4v) is 1.78. The van der Waals surface area contributed by atoms with Crippen LogP contribution in [0, 0.1) is 28.7 Å². The number of nitro benzene ring substituents is 1. The van der Waals surface area contributed by atoms with E-state index in [0.717, 1.165) is 6.07 Å². The molecule has 0 fully saturated rings. The number of hydrogen-bond donors (Lipinski definition) is 1. The summed E-state index contributed by atoms with van der Waals surface area (Å²) in [4.78, 5) is 10.1. The highest BCUT2D eigenvalue weighted by atomic mass is 19.2. The van der Waals surface area contributed by atoms with Gasteiger partial charge in [-0.15, -0.1) is 0 Å². The fourth-order valence-electron chi connectivity index (χ4n) is 1.78. The maximum Gasteiger partial charge on any atom is 0.281 e. The van der Waals surface area contributed by atoms with E-state index in [4.69, 9.17) is 5.73 Å². The minimum atomic E-state index is -1.28. The molecular weight excluding hydrogens is 258 g/mol. The van der Waals surface area contributed by atoms with Crippen molar-refractivity contribution in [3.63, 3.8) is 0 Å². The number of benzene rings is 1. The van der Waals surface area contributed by atoms with Crippen molar-refractivity contribution in [2.45, 2.75) is 6.92 Å². The number of anilines is 1. The monoisotopic (exact) mass is 268 g/mol. The van der Waals surface area contributed by atoms with Gasteiger partial charge in [-0.05, 0) is 13.0 Å². The smallest absolute Gasteiger partial charge is 0.281 e. The van der Waals surface area contributed by atoms with Gasteiger partial charge < -0.3 is 5.73 Å². The van der Waals surface area contributed by atoms with Gasteiger partial charge >= 0.3 is 0 Å². The molecule has 19 heavy (non-hydrogen) atoms. The lowest BCUT2D eigenvalue weighted by Crippen LogP contribution is -1.98. The van der Waals surface area contributed by atoms with E-state index in [9.17, 15) is 18.9 Å². The van der Waals surface area contributed by atoms with Gasteiger partial charge in [0.1, 0.15) is 11.5 Å². The third-order valence-corrected chi connectivity index (χ3v) is 2.83. The summed E-state index contributed by atoms with van der Waals surface area (Å²) in [5.74, 6) is -2.16. The van der Waals surface area contributed by atoms with Crippen LogP contribution in [-0.2, 0) is 7.05 Å². The number of rotatable bonds is 2. The van der Waals surface area contributed by atoms with Crippen LogP contribution in [0.2, 0.25) is 0 Å². The molecule has 0 aliphatic carbocycles. The summed E-state index contributed by atoms with van der Waals surface area (Å²) in [6.07, 6.45) is 0. The van der Waals surface area contributed by atoms with Crippen LogP contribution in [0.5, 0.6) is 0 Å². The van der Waals surface area contributed by atoms with Crippen molar-refractivity contribution in [3.8, 4) is 11.3 Å². The lowest BCUT2D eigenvalue weighted by Gasteiger charge is -2.02. The highest BCUT2D eigenvalue weighted by molar-refractivity contribution is 5.75. The van der Waals surface area contributed by atoms with Crippen molar-refractivity contribution in [3.05, 3.63) is 39.4 Å². The normalized spacial score (nSPS) is 10.7. The summed E-state index contributed by atoms with van der Waals surface area (Å²) in [5, 5.41) is 14.9. The molecule has 0 amide bonds. The first kappa shape index (κ1) is 12.9. The van der Waals surface area contributed by atoms with E-state index in [1.54, 1.807) is 14.0 Å². The Kier molecular flexibility index (Phi) is 2.93. The molecule has 8 heteroatoms. The zero-order valence-corrected chi connectivity index (χ0v) is 10.1. The molecule has 0 radical (unpaired) electrons. The molecular formula is C11H10F2N4O2. The number of aryl methyl sites for hydroxylation is 1. The third kappa shape index (κ3) is 2.01. The fraction of sp³-hybridized carbons (Fsp3) is 0.182. The van der Waals surface area contributed by atoms with Crippen LogP contribution >= 0.6 is 0 Å². The zero-order valence-electron chi connectivity index (χ0n) is 10.1. The van der Waals surface area contributed by atoms with Crippen molar-refractivity contribution in [1.82, 2.24) is 9.78 Å². The summed E-state index contributed by atoms with van der Waals surface area (Å²) < 4.78 is 27.7. The molecule has 2 rings (SSSR count). The van der Waals surface area contributed by atoms with Crippen LogP contribution in [0.15, 0.2) is 12.1 Å². The second-order valence-corrected chi connectivity index (χ2v) is 4.02. The van der Waals surface area contributed by atoms with E-state index in [0.29, 0.717) is 17.4 Å². The lowest BCUT2D eigenvalue weighted by atomic mass is 10.1. The number of hydrogen-bond acceptors (Lipinski definition) is 4. The van der Waals surface area contributed by atoms with Gasteiger partial charge in [-0.2, -0.15) is 5.10 Å². The Morgan fingerprint density at radius 3 is 2.42 bits per heavy atom. The summed E-state index contributed by atoms with van der Waals surface area (Å²) >= 11 is 0. The number of nitrogens with zero attached hydrogens (tertiary/aromatic N) is 3. The summed E-state index contributed by atoms with van der Waals surface area (Å²) in [6.45, 7) is 1.60. The maximum atomic E-state index is 13.3. The second-order valence-electron chi connectivity index (χ2n) is 4.02. The molecule has 6 nitrogen and oxygen atoms in total. The molecule has 2 N–H and O–H groups in total. The molecule has 0 spiro atoms. The highest BCUT2D eigenvalue weighted by Gasteiger charge is 2.24. The Hall–Kier alpha value is -2.51. The first-order chi connectivity index (χ1) is 8.82. The second kappa shape index (κ2) is 4.30. The van der Waals surface area contributed by atoms with Gasteiger partial charge in [0.25, 0.3) is 5.69 Å². The molecule has 1 heterocycles. The quantitative estimate of drug-likeness (QED) is 0.667. The Bertz CT molecular complexity index is 682. The molecule has 0 aliphatic heterocycles. The number of nitrogen functional groups attached to an aromatic ring is 1. The summed E-state index contributed by atoms with van der Waals surface area (Å²) in [7, 11) is 1.55. The van der Waals surface area contributed by atoms with Gasteiger partial charge in [0.2, 0.25) is 0 Å². The topological polar surface area (TPSA) is 87.0 Å². The van der Waals surface area contributed by atoms with Gasteiger partial charge in [-0.1, -0.05) is 0 Å². The van der Waals surface area contributed by atoms with E-state index in [1.165, 1.54) is 4.68 Å². The van der Waals surface area contributed by atoms with Crippen LogP contribution in [0.3, 0.4) is 0 Å². The molecule has 2 aromatic rings. The average molecular weight is 268 g/mol. The van der Waals surface area contributed by atoms with Crippen molar-refractivity contribution in [2.75, 3.05) is 5.73 Å². The largest absolute Gasteiger partial charge is 0.384 e. The van der Waals surface area contributed by atoms with Crippen LogP contribution in [0.25, 0.3) is 11.3 Å². The molecule has 0 bridgehead atoms. The number of aromatic nitrogens is 2. The predicted octanol–water partition coefficient (Wildman–Crippen LogP) is 2.16. The van der Waals surface area contributed by atoms with Crippen molar-refractivity contribution < 1.29 is 13.7 Å². The highest BCUT2D eigenvalue weighted by Crippen LogP contribution is 2.34. The van der Waals surface area contributed by atoms with Gasteiger partial charge in [0.15, 0.2) is 11.6 Å². The number of halogens is 2. The predicted molar refractivity (Wildman–Crippen MR) is 64.4 cm³/mol. The first-order valence-corrected chi connectivity index (χ1v) is 5.25. The number of nitro groups is 1. The Morgan fingerprint density at radius 1 is 1.37 bits per heavy atom. The minimum absolute atomic E-state index is 0.103. The van der Waals surface area contributed by atoms with Crippen molar-refractivity contribution in [2.24, 2.45) is 7.05 Å². The molecule has 0 aliphatic rings. The molecule has 0 atom stereocenters. The number of nitrogens with two attached hydrogens (primary N) is 1. The van der Waals surface area contributed by atoms with E-state index >= 15 is 0 Å². The Labute approximate surface area is 106 Å². The van der Waals surface area contributed by atoms with E-state index < -0.39 is 22.2 Å². The lowest BCUT2D eigenvalue weighted by molar-refractivity contribution is -0.384. The van der Waals surface area contributed by atoms with E-state index in [2.05, 4.69) is 5.10 Å². The Morgan fingerprint density at radius 2 is 1.95 bits per heavy atom. The van der Waals surface area contributed by atoms with E-state index in [1.807, 2.05) is 0 Å². The summed E-state index contributed by atoms with van der Waals surface area (Å²) in [5.41, 5.74) is 5.67. The van der Waals surface area contributed by atoms with Crippen molar-refractivity contribution in [1.29, 1.82) is 0 Å². The molecule has 0 saturated carbocycles. The van der Waals surface area contributed by atoms with Crippen LogP contribution in [0.4, 0.5) is 20.3 Å². The summed E-state index contributed by atoms with van der Waals surface area (Å²) in [6, 6.07) is 1.29. The minimum Gasteiger partial charge on any atom is -0.384 e. The van der Waals surface area contributed by atoms with Gasteiger partial charge in [0.05, 0.1) is 16.6 Å². The van der Waals surface area contributed by atoms with Crippen LogP contribution < -0.4 is 5.73 Å². The average Bonchev–Trinajstić information content (AvgIpc) is 2.59. The van der Waals surface area contributed by atoms with Gasteiger partial charge in [-0.3, -0.25) is 14.8 Å². The standard InChI is InChI=1S/C11H10F2N4O2/c1-5-10(15-16(2)11(5)14)6-3-7(12)8(13)4-9(6)17(18)19/h3-4H,14H2,1-2H3. The maximum absolute atomic E-state index is 13.3. The van der Waals surface area contributed by atoms with Crippen LogP contribution in [-0.4, -0.2) is 14.7 Å².